The van der Waals surface area contributed by atoms with Crippen LogP contribution in [0.5, 0.6) is 0 Å². The molecule has 13 rings (SSSR count). The Morgan fingerprint density at radius 2 is 0.773 bits per heavy atom. The van der Waals surface area contributed by atoms with Crippen molar-refractivity contribution in [2.24, 2.45) is 28.1 Å². The van der Waals surface area contributed by atoms with Gasteiger partial charge >= 0.3 is 0 Å². The van der Waals surface area contributed by atoms with Crippen LogP contribution in [0.4, 0.5) is 0 Å². The van der Waals surface area contributed by atoms with Crippen molar-refractivity contribution in [1.82, 2.24) is 28.2 Å². The first kappa shape index (κ1) is 47.4. The van der Waals surface area contributed by atoms with Gasteiger partial charge in [0.25, 0.3) is 0 Å². The van der Waals surface area contributed by atoms with Gasteiger partial charge in [0.2, 0.25) is 0 Å². The predicted molar refractivity (Wildman–Crippen MR) is 315 cm³/mol. The zero-order valence-electron chi connectivity index (χ0n) is 45.4. The molecule has 0 saturated carbocycles. The van der Waals surface area contributed by atoms with Crippen LogP contribution in [-0.4, -0.2) is 28.2 Å². The molecule has 0 fully saturated rings. The van der Waals surface area contributed by atoms with E-state index >= 15 is 0 Å². The Balaban J connectivity index is 0.892. The van der Waals surface area contributed by atoms with Crippen molar-refractivity contribution in [2.75, 3.05) is 0 Å². The first-order chi connectivity index (χ1) is 35.9. The minimum absolute atomic E-state index is 0.202. The van der Waals surface area contributed by atoms with E-state index in [1.807, 2.05) is 0 Å². The number of imidazole rings is 3. The van der Waals surface area contributed by atoms with E-state index < -0.39 is 0 Å². The molecular formula is C69H70N6. The Labute approximate surface area is 441 Å². The highest BCUT2D eigenvalue weighted by molar-refractivity contribution is 6.14. The Hall–Kier alpha value is -7.31. The van der Waals surface area contributed by atoms with E-state index in [0.29, 0.717) is 11.8 Å². The van der Waals surface area contributed by atoms with Crippen molar-refractivity contribution in [3.05, 3.63) is 191 Å². The van der Waals surface area contributed by atoms with Gasteiger partial charge in [-0.2, -0.15) is 0 Å². The van der Waals surface area contributed by atoms with Gasteiger partial charge in [0.15, 0.2) is 0 Å². The third-order valence-corrected chi connectivity index (χ3v) is 15.8. The molecule has 75 heavy (non-hydrogen) atoms. The maximum atomic E-state index is 5.52. The van der Waals surface area contributed by atoms with E-state index in [1.54, 1.807) is 0 Å². The number of rotatable bonds is 9. The second-order valence-electron chi connectivity index (χ2n) is 26.2. The number of hydrogen-bond acceptors (Lipinski definition) is 3. The first-order valence-corrected chi connectivity index (χ1v) is 27.6. The number of fused-ring (bicyclic) bond motifs is 18. The normalized spacial score (nSPS) is 16.1. The molecule has 1 unspecified atom stereocenters. The summed E-state index contributed by atoms with van der Waals surface area (Å²) in [7, 11) is 0. The molecule has 0 saturated heterocycles. The average molecular weight is 983 g/mol. The number of hydrogen-bond donors (Lipinski definition) is 0. The molecule has 0 aliphatic heterocycles. The van der Waals surface area contributed by atoms with E-state index in [0.717, 1.165) is 85.4 Å². The van der Waals surface area contributed by atoms with E-state index in [9.17, 15) is 0 Å². The highest BCUT2D eigenvalue weighted by Gasteiger charge is 2.27. The number of benzene rings is 6. The van der Waals surface area contributed by atoms with Gasteiger partial charge in [0.05, 0.1) is 33.6 Å². The van der Waals surface area contributed by atoms with Gasteiger partial charge in [-0.3, -0.25) is 13.2 Å². The highest BCUT2D eigenvalue weighted by atomic mass is 15.0. The lowest BCUT2D eigenvalue weighted by molar-refractivity contribution is 0.377. The highest BCUT2D eigenvalue weighted by Crippen LogP contribution is 2.39. The molecule has 0 spiro atoms. The lowest BCUT2D eigenvalue weighted by atomic mass is 9.77. The van der Waals surface area contributed by atoms with Crippen molar-refractivity contribution in [1.29, 1.82) is 0 Å². The molecule has 6 nitrogen and oxygen atoms in total. The zero-order chi connectivity index (χ0) is 51.5. The summed E-state index contributed by atoms with van der Waals surface area (Å²) in [6.45, 7) is 20.9. The van der Waals surface area contributed by atoms with Crippen LogP contribution in [0.25, 0.3) is 82.0 Å². The molecule has 0 amide bonds. The summed E-state index contributed by atoms with van der Waals surface area (Å²) in [5.74, 6) is 0.704. The topological polar surface area (TPSA) is 51.9 Å². The summed E-state index contributed by atoms with van der Waals surface area (Å²) in [5.41, 5.74) is 16.4. The fourth-order valence-electron chi connectivity index (χ4n) is 13.2. The van der Waals surface area contributed by atoms with Crippen molar-refractivity contribution >= 4 is 82.0 Å². The van der Waals surface area contributed by atoms with Crippen LogP contribution in [0.3, 0.4) is 0 Å². The minimum atomic E-state index is 0.202. The Kier molecular flexibility index (Phi) is 11.2. The zero-order valence-corrected chi connectivity index (χ0v) is 45.4. The predicted octanol–water partition coefficient (Wildman–Crippen LogP) is 17.3. The fraction of sp³-hybridized carbons (Fsp3) is 0.319. The number of allylic oxidation sites excluding steroid dienone is 2. The second kappa shape index (κ2) is 17.7. The molecule has 6 heteroatoms. The summed E-state index contributed by atoms with van der Waals surface area (Å²) in [4.78, 5) is 16.5. The molecule has 0 radical (unpaired) electrons. The third kappa shape index (κ3) is 9.04. The molecule has 376 valence electrons. The van der Waals surface area contributed by atoms with Gasteiger partial charge in [-0.1, -0.05) is 165 Å². The van der Waals surface area contributed by atoms with Gasteiger partial charge in [-0.05, 0) is 142 Å². The molecule has 1 aliphatic carbocycles. The quantitative estimate of drug-likeness (QED) is 0.107. The van der Waals surface area contributed by atoms with Gasteiger partial charge < -0.3 is 0 Å². The van der Waals surface area contributed by atoms with E-state index in [-0.39, 0.29) is 16.2 Å². The molecular weight excluding hydrogens is 913 g/mol. The van der Waals surface area contributed by atoms with E-state index in [4.69, 9.17) is 15.0 Å². The molecule has 0 N–H and O–H groups in total. The van der Waals surface area contributed by atoms with Gasteiger partial charge in [-0.15, -0.1) is 0 Å². The molecule has 12 aromatic rings. The van der Waals surface area contributed by atoms with Crippen LogP contribution < -0.4 is 0 Å². The van der Waals surface area contributed by atoms with Gasteiger partial charge in [0, 0.05) is 57.3 Å². The lowest BCUT2D eigenvalue weighted by Crippen LogP contribution is -2.19. The van der Waals surface area contributed by atoms with Crippen molar-refractivity contribution < 1.29 is 0 Å². The Bertz CT molecular complexity index is 4270. The summed E-state index contributed by atoms with van der Waals surface area (Å²) in [5, 5.41) is 11.3. The van der Waals surface area contributed by atoms with E-state index in [1.165, 1.54) is 87.3 Å². The third-order valence-electron chi connectivity index (χ3n) is 15.8. The van der Waals surface area contributed by atoms with Crippen molar-refractivity contribution in [3.8, 4) is 0 Å². The number of aromatic nitrogens is 6. The minimum Gasteiger partial charge on any atom is -0.299 e. The molecule has 1 aliphatic rings. The van der Waals surface area contributed by atoms with Crippen LogP contribution in [0.2, 0.25) is 0 Å². The van der Waals surface area contributed by atoms with Crippen LogP contribution >= 0.6 is 0 Å². The average Bonchev–Trinajstić information content (AvgIpc) is 4.12. The monoisotopic (exact) mass is 983 g/mol. The van der Waals surface area contributed by atoms with Gasteiger partial charge in [0.1, 0.15) is 16.9 Å². The summed E-state index contributed by atoms with van der Waals surface area (Å²) < 4.78 is 7.11. The summed E-state index contributed by atoms with van der Waals surface area (Å²) in [6, 6.07) is 47.8. The standard InChI is InChI=1S/C69H70N6/c1-67(2,3)37-43-22-25-61-58(34-43)52-16-10-13-19-55(52)64-70-49(40-73(61)64)31-46-28-47(32-50-41-74-62-26-23-44(38-68(4,5)6)35-59(62)53-17-11-14-20-56(53)65(74)71-50)30-48(29-46)33-51-42-75-63-27-24-45(39-69(7,8)9)36-60(63)54-18-12-15-21-57(54)66(75)72-51/h10-28,34-36,40-42,46,48H,29-33,37-39H2,1-9H3/t46-,48?/m1/s1. The van der Waals surface area contributed by atoms with Crippen molar-refractivity contribution in [3.63, 3.8) is 0 Å². The lowest BCUT2D eigenvalue weighted by Gasteiger charge is -2.28. The molecule has 0 bridgehead atoms. The van der Waals surface area contributed by atoms with Crippen LogP contribution in [0.15, 0.2) is 158 Å². The first-order valence-electron chi connectivity index (χ1n) is 27.6. The molecule has 6 aromatic carbocycles. The van der Waals surface area contributed by atoms with E-state index in [2.05, 4.69) is 228 Å². The smallest absolute Gasteiger partial charge is 0.145 e. The molecule has 6 heterocycles. The van der Waals surface area contributed by atoms with Gasteiger partial charge in [-0.25, -0.2) is 15.0 Å². The van der Waals surface area contributed by atoms with Crippen molar-refractivity contribution in [2.45, 2.75) is 114 Å². The molecule has 2 atom stereocenters. The van der Waals surface area contributed by atoms with Crippen LogP contribution in [0, 0.1) is 28.1 Å². The maximum Gasteiger partial charge on any atom is 0.145 e. The summed E-state index contributed by atoms with van der Waals surface area (Å²) in [6.07, 6.45) is 17.4. The fourth-order valence-corrected chi connectivity index (χ4v) is 13.2. The number of pyridine rings is 3. The Morgan fingerprint density at radius 3 is 1.17 bits per heavy atom. The van der Waals surface area contributed by atoms with Crippen LogP contribution in [-0.2, 0) is 38.5 Å². The summed E-state index contributed by atoms with van der Waals surface area (Å²) >= 11 is 0. The largest absolute Gasteiger partial charge is 0.299 e. The van der Waals surface area contributed by atoms with Crippen LogP contribution in [0.1, 0.15) is 109 Å². The SMILES string of the molecule is CC(C)(C)Cc1ccc2c(c1)c1ccccc1c1nc(CC3=C[C@@H](Cc4cn5c6ccc(CC(C)(C)C)cc6c6ccccc6c5n4)CC(Cc4cn5c6ccc(CC(C)(C)C)cc6c6ccccc6c5n4)C3)cn21. The Morgan fingerprint density at radius 1 is 0.413 bits per heavy atom. The number of nitrogens with zero attached hydrogens (tertiary/aromatic N) is 6. The second-order valence-corrected chi connectivity index (χ2v) is 26.2. The maximum absolute atomic E-state index is 5.52. The molecule has 6 aromatic heterocycles.